The molecular weight excluding hydrogens is 250 g/mol. The Kier molecular flexibility index (Phi) is 3.81. The van der Waals surface area contributed by atoms with Gasteiger partial charge in [0.25, 0.3) is 0 Å². The van der Waals surface area contributed by atoms with E-state index in [4.69, 9.17) is 0 Å². The smallest absolute Gasteiger partial charge is 0.241 e. The van der Waals surface area contributed by atoms with Gasteiger partial charge in [0, 0.05) is 30.4 Å². The van der Waals surface area contributed by atoms with Crippen molar-refractivity contribution >= 4 is 22.5 Å². The molecular formula is C16H19N3O. The first-order valence-corrected chi connectivity index (χ1v) is 7.20. The monoisotopic (exact) mass is 269 g/mol. The number of piperidine rings is 1. The van der Waals surface area contributed by atoms with E-state index in [2.05, 4.69) is 10.3 Å². The predicted octanol–water partition coefficient (Wildman–Crippen LogP) is 2.66. The van der Waals surface area contributed by atoms with Crippen molar-refractivity contribution in [3.63, 3.8) is 0 Å². The van der Waals surface area contributed by atoms with E-state index in [0.29, 0.717) is 6.54 Å². The van der Waals surface area contributed by atoms with Gasteiger partial charge in [-0.1, -0.05) is 18.2 Å². The molecule has 1 aromatic heterocycles. The number of pyridine rings is 1. The van der Waals surface area contributed by atoms with Gasteiger partial charge in [0.05, 0.1) is 12.1 Å². The highest BCUT2D eigenvalue weighted by Gasteiger charge is 2.16. The first-order chi connectivity index (χ1) is 9.84. The van der Waals surface area contributed by atoms with E-state index in [-0.39, 0.29) is 5.91 Å². The molecule has 104 valence electrons. The Labute approximate surface area is 118 Å². The van der Waals surface area contributed by atoms with Crippen LogP contribution >= 0.6 is 0 Å². The molecule has 1 aliphatic rings. The van der Waals surface area contributed by atoms with Crippen LogP contribution in [0.3, 0.4) is 0 Å². The molecule has 1 fully saturated rings. The molecule has 1 saturated heterocycles. The van der Waals surface area contributed by atoms with Crippen LogP contribution in [-0.2, 0) is 4.79 Å². The fourth-order valence-corrected chi connectivity index (χ4v) is 2.68. The van der Waals surface area contributed by atoms with E-state index in [1.165, 1.54) is 6.42 Å². The summed E-state index contributed by atoms with van der Waals surface area (Å²) in [6.45, 7) is 2.16. The van der Waals surface area contributed by atoms with E-state index in [0.717, 1.165) is 42.5 Å². The lowest BCUT2D eigenvalue weighted by Gasteiger charge is -2.27. The van der Waals surface area contributed by atoms with Gasteiger partial charge < -0.3 is 10.2 Å². The number of nitrogens with one attached hydrogen (secondary N) is 1. The second-order valence-electron chi connectivity index (χ2n) is 5.17. The van der Waals surface area contributed by atoms with Crippen LogP contribution in [0, 0.1) is 0 Å². The van der Waals surface area contributed by atoms with Crippen molar-refractivity contribution in [2.24, 2.45) is 0 Å². The van der Waals surface area contributed by atoms with Crippen molar-refractivity contribution in [1.82, 2.24) is 9.88 Å². The summed E-state index contributed by atoms with van der Waals surface area (Å²) < 4.78 is 0. The number of carbonyl (C=O) groups excluding carboxylic acids is 1. The van der Waals surface area contributed by atoms with Crippen molar-refractivity contribution in [2.75, 3.05) is 25.0 Å². The maximum absolute atomic E-state index is 12.2. The van der Waals surface area contributed by atoms with E-state index >= 15 is 0 Å². The molecule has 1 aromatic carbocycles. The molecule has 1 aliphatic heterocycles. The third kappa shape index (κ3) is 2.74. The maximum Gasteiger partial charge on any atom is 0.241 e. The molecule has 0 atom stereocenters. The molecule has 0 radical (unpaired) electrons. The number of likely N-dealkylation sites (tertiary alicyclic amines) is 1. The Bertz CT molecular complexity index is 600. The Morgan fingerprint density at radius 1 is 1.15 bits per heavy atom. The highest BCUT2D eigenvalue weighted by molar-refractivity contribution is 5.92. The summed E-state index contributed by atoms with van der Waals surface area (Å²) in [5.41, 5.74) is 1.92. The van der Waals surface area contributed by atoms with Crippen molar-refractivity contribution in [3.8, 4) is 0 Å². The summed E-state index contributed by atoms with van der Waals surface area (Å²) in [5, 5.41) is 4.31. The van der Waals surface area contributed by atoms with Gasteiger partial charge in [-0.2, -0.15) is 0 Å². The van der Waals surface area contributed by atoms with E-state index in [9.17, 15) is 4.79 Å². The van der Waals surface area contributed by atoms with Crippen molar-refractivity contribution in [3.05, 3.63) is 36.5 Å². The van der Waals surface area contributed by atoms with Crippen LogP contribution < -0.4 is 5.32 Å². The van der Waals surface area contributed by atoms with Crippen LogP contribution in [0.5, 0.6) is 0 Å². The number of nitrogens with zero attached hydrogens (tertiary/aromatic N) is 2. The molecule has 0 aliphatic carbocycles. The fourth-order valence-electron chi connectivity index (χ4n) is 2.68. The van der Waals surface area contributed by atoms with Crippen LogP contribution in [0.15, 0.2) is 36.5 Å². The minimum atomic E-state index is 0.186. The minimum absolute atomic E-state index is 0.186. The zero-order chi connectivity index (χ0) is 13.8. The zero-order valence-electron chi connectivity index (χ0n) is 11.5. The maximum atomic E-state index is 12.2. The van der Waals surface area contributed by atoms with Gasteiger partial charge in [-0.15, -0.1) is 0 Å². The third-order valence-electron chi connectivity index (χ3n) is 3.79. The number of hydrogen-bond acceptors (Lipinski definition) is 3. The molecule has 2 aromatic rings. The van der Waals surface area contributed by atoms with Crippen LogP contribution in [-0.4, -0.2) is 35.4 Å². The average Bonchev–Trinajstić information content (AvgIpc) is 2.53. The number of carbonyl (C=O) groups is 1. The molecule has 4 heteroatoms. The zero-order valence-corrected chi connectivity index (χ0v) is 11.5. The second kappa shape index (κ2) is 5.90. The minimum Gasteiger partial charge on any atom is -0.376 e. The Hall–Kier alpha value is -2.10. The van der Waals surface area contributed by atoms with Crippen molar-refractivity contribution in [2.45, 2.75) is 19.3 Å². The van der Waals surface area contributed by atoms with Gasteiger partial charge in [-0.05, 0) is 31.4 Å². The summed E-state index contributed by atoms with van der Waals surface area (Å²) in [4.78, 5) is 18.4. The quantitative estimate of drug-likeness (QED) is 0.931. The second-order valence-corrected chi connectivity index (χ2v) is 5.17. The van der Waals surface area contributed by atoms with Gasteiger partial charge in [0.1, 0.15) is 0 Å². The summed E-state index contributed by atoms with van der Waals surface area (Å²) in [6.07, 6.45) is 5.27. The van der Waals surface area contributed by atoms with Crippen LogP contribution in [0.25, 0.3) is 10.9 Å². The highest BCUT2D eigenvalue weighted by Crippen LogP contribution is 2.20. The van der Waals surface area contributed by atoms with Gasteiger partial charge >= 0.3 is 0 Å². The van der Waals surface area contributed by atoms with Gasteiger partial charge in [0.15, 0.2) is 0 Å². The van der Waals surface area contributed by atoms with Crippen molar-refractivity contribution in [1.29, 1.82) is 0 Å². The Morgan fingerprint density at radius 3 is 2.80 bits per heavy atom. The average molecular weight is 269 g/mol. The molecule has 0 unspecified atom stereocenters. The number of aromatic nitrogens is 1. The molecule has 20 heavy (non-hydrogen) atoms. The predicted molar refractivity (Wildman–Crippen MR) is 80.7 cm³/mol. The molecule has 0 saturated carbocycles. The number of amides is 1. The lowest BCUT2D eigenvalue weighted by atomic mass is 10.1. The third-order valence-corrected chi connectivity index (χ3v) is 3.79. The molecule has 4 nitrogen and oxygen atoms in total. The fraction of sp³-hybridized carbons (Fsp3) is 0.375. The summed E-state index contributed by atoms with van der Waals surface area (Å²) in [6, 6.07) is 9.88. The molecule has 0 bridgehead atoms. The van der Waals surface area contributed by atoms with E-state index in [1.54, 1.807) is 6.20 Å². The number of hydrogen-bond donors (Lipinski definition) is 1. The SMILES string of the molecule is O=C(CNc1ccnc2ccccc12)N1CCCCC1. The van der Waals surface area contributed by atoms with Crippen molar-refractivity contribution < 1.29 is 4.79 Å². The lowest BCUT2D eigenvalue weighted by molar-refractivity contribution is -0.130. The molecule has 3 rings (SSSR count). The van der Waals surface area contributed by atoms with Gasteiger partial charge in [-0.25, -0.2) is 0 Å². The lowest BCUT2D eigenvalue weighted by Crippen LogP contribution is -2.39. The molecule has 0 spiro atoms. The number of rotatable bonds is 3. The summed E-state index contributed by atoms with van der Waals surface area (Å²) in [5.74, 6) is 0.186. The van der Waals surface area contributed by atoms with Crippen LogP contribution in [0.4, 0.5) is 5.69 Å². The van der Waals surface area contributed by atoms with Gasteiger partial charge in [0.2, 0.25) is 5.91 Å². The standard InChI is InChI=1S/C16H19N3O/c20-16(19-10-4-1-5-11-19)12-18-15-8-9-17-14-7-3-2-6-13(14)15/h2-3,6-9H,1,4-5,10-12H2,(H,17,18). The van der Waals surface area contributed by atoms with E-state index < -0.39 is 0 Å². The Balaban J connectivity index is 1.69. The molecule has 1 N–H and O–H groups in total. The molecule has 1 amide bonds. The summed E-state index contributed by atoms with van der Waals surface area (Å²) >= 11 is 0. The number of anilines is 1. The topological polar surface area (TPSA) is 45.2 Å². The summed E-state index contributed by atoms with van der Waals surface area (Å²) in [7, 11) is 0. The normalized spacial score (nSPS) is 15.3. The number of para-hydroxylation sites is 1. The van der Waals surface area contributed by atoms with Gasteiger partial charge in [-0.3, -0.25) is 9.78 Å². The first kappa shape index (κ1) is 12.9. The number of benzene rings is 1. The van der Waals surface area contributed by atoms with Crippen LogP contribution in [0.1, 0.15) is 19.3 Å². The Morgan fingerprint density at radius 2 is 1.95 bits per heavy atom. The largest absolute Gasteiger partial charge is 0.376 e. The number of fused-ring (bicyclic) bond motifs is 1. The first-order valence-electron chi connectivity index (χ1n) is 7.20. The van der Waals surface area contributed by atoms with Crippen LogP contribution in [0.2, 0.25) is 0 Å². The van der Waals surface area contributed by atoms with E-state index in [1.807, 2.05) is 35.2 Å². The highest BCUT2D eigenvalue weighted by atomic mass is 16.2. The molecule has 2 heterocycles.